The smallest absolute Gasteiger partial charge is 0.147 e. The second kappa shape index (κ2) is 6.67. The van der Waals surface area contributed by atoms with Gasteiger partial charge in [0.15, 0.2) is 0 Å². The highest BCUT2D eigenvalue weighted by atomic mass is 19.1. The van der Waals surface area contributed by atoms with Gasteiger partial charge in [-0.25, -0.2) is 14.4 Å². The molecule has 2 heterocycles. The topological polar surface area (TPSA) is 64.8 Å². The number of piperidine rings is 1. The van der Waals surface area contributed by atoms with Gasteiger partial charge in [0.2, 0.25) is 0 Å². The molecule has 25 heavy (non-hydrogen) atoms. The van der Waals surface area contributed by atoms with E-state index in [0.29, 0.717) is 23.7 Å². The van der Waals surface area contributed by atoms with E-state index >= 15 is 0 Å². The number of benzene rings is 1. The van der Waals surface area contributed by atoms with E-state index in [-0.39, 0.29) is 11.9 Å². The maximum atomic E-state index is 14.3. The van der Waals surface area contributed by atoms with Crippen molar-refractivity contribution in [2.24, 2.45) is 0 Å². The Morgan fingerprint density at radius 2 is 2.12 bits per heavy atom. The van der Waals surface area contributed by atoms with Crippen LogP contribution in [0, 0.1) is 17.1 Å². The zero-order valence-electron chi connectivity index (χ0n) is 14.0. The summed E-state index contributed by atoms with van der Waals surface area (Å²) in [5.74, 6) is 1.93. The van der Waals surface area contributed by atoms with E-state index in [1.165, 1.54) is 18.9 Å². The second-order valence-electron chi connectivity index (χ2n) is 6.75. The Bertz CT molecular complexity index is 812. The first-order chi connectivity index (χ1) is 12.2. The molecule has 1 aromatic heterocycles. The van der Waals surface area contributed by atoms with E-state index in [0.717, 1.165) is 31.0 Å². The lowest BCUT2D eigenvalue weighted by atomic mass is 10.0. The van der Waals surface area contributed by atoms with Crippen molar-refractivity contribution in [3.8, 4) is 6.07 Å². The molecule has 1 aliphatic carbocycles. The summed E-state index contributed by atoms with van der Waals surface area (Å²) in [7, 11) is 0. The van der Waals surface area contributed by atoms with Gasteiger partial charge >= 0.3 is 0 Å². The highest BCUT2D eigenvalue weighted by molar-refractivity contribution is 5.60. The highest BCUT2D eigenvalue weighted by Crippen LogP contribution is 2.38. The monoisotopic (exact) mass is 337 g/mol. The molecule has 128 valence electrons. The molecule has 0 radical (unpaired) electrons. The van der Waals surface area contributed by atoms with Gasteiger partial charge in [-0.15, -0.1) is 0 Å². The average Bonchev–Trinajstić information content (AvgIpc) is 3.47. The van der Waals surface area contributed by atoms with E-state index in [2.05, 4.69) is 21.4 Å². The average molecular weight is 337 g/mol. The van der Waals surface area contributed by atoms with Crippen molar-refractivity contribution >= 4 is 11.5 Å². The summed E-state index contributed by atoms with van der Waals surface area (Å²) in [5.41, 5.74) is 0.802. The molecule has 0 spiro atoms. The van der Waals surface area contributed by atoms with Crippen LogP contribution in [-0.4, -0.2) is 29.1 Å². The summed E-state index contributed by atoms with van der Waals surface area (Å²) in [6.45, 7) is 1.41. The molecule has 6 heteroatoms. The molecule has 1 unspecified atom stereocenters. The number of anilines is 2. The van der Waals surface area contributed by atoms with E-state index in [1.807, 2.05) is 11.0 Å². The first-order valence-corrected chi connectivity index (χ1v) is 8.77. The van der Waals surface area contributed by atoms with Crippen molar-refractivity contribution in [1.29, 1.82) is 5.26 Å². The summed E-state index contributed by atoms with van der Waals surface area (Å²) >= 11 is 0. The van der Waals surface area contributed by atoms with Crippen molar-refractivity contribution in [3.05, 3.63) is 47.7 Å². The van der Waals surface area contributed by atoms with Crippen LogP contribution in [0.1, 0.15) is 43.0 Å². The first kappa shape index (κ1) is 15.8. The Morgan fingerprint density at radius 3 is 2.92 bits per heavy atom. The zero-order valence-corrected chi connectivity index (χ0v) is 14.0. The molecular formula is C19H20FN5. The quantitative estimate of drug-likeness (QED) is 0.926. The first-order valence-electron chi connectivity index (χ1n) is 8.77. The standard InChI is InChI=1S/C19H20FN5/c20-16-5-1-3-14(11-21)18(16)25-10-2-4-15(12-25)23-17-8-9-22-19(24-17)13-6-7-13/h1,3,5,8-9,13,15H,2,4,6-7,10,12H2,(H,22,23,24). The van der Waals surface area contributed by atoms with E-state index < -0.39 is 0 Å². The molecule has 0 bridgehead atoms. The van der Waals surface area contributed by atoms with E-state index in [1.54, 1.807) is 18.3 Å². The molecule has 2 aliphatic rings. The predicted octanol–water partition coefficient (Wildman–Crippen LogP) is 3.45. The maximum Gasteiger partial charge on any atom is 0.147 e. The van der Waals surface area contributed by atoms with Crippen LogP contribution in [0.3, 0.4) is 0 Å². The molecular weight excluding hydrogens is 317 g/mol. The van der Waals surface area contributed by atoms with Crippen LogP contribution in [0.15, 0.2) is 30.5 Å². The van der Waals surface area contributed by atoms with Gasteiger partial charge in [0, 0.05) is 31.2 Å². The number of rotatable bonds is 4. The fraction of sp³-hybridized carbons (Fsp3) is 0.421. The predicted molar refractivity (Wildman–Crippen MR) is 94.0 cm³/mol. The number of hydrogen-bond donors (Lipinski definition) is 1. The van der Waals surface area contributed by atoms with Crippen LogP contribution in [-0.2, 0) is 0 Å². The molecule has 0 amide bonds. The lowest BCUT2D eigenvalue weighted by molar-refractivity contribution is 0.517. The number of para-hydroxylation sites is 1. The largest absolute Gasteiger partial charge is 0.366 e. The summed E-state index contributed by atoms with van der Waals surface area (Å²) < 4.78 is 14.3. The van der Waals surface area contributed by atoms with Crippen molar-refractivity contribution in [2.75, 3.05) is 23.3 Å². The fourth-order valence-electron chi connectivity index (χ4n) is 3.43. The highest BCUT2D eigenvalue weighted by Gasteiger charge is 2.27. The minimum Gasteiger partial charge on any atom is -0.366 e. The molecule has 1 atom stereocenters. The van der Waals surface area contributed by atoms with Crippen LogP contribution >= 0.6 is 0 Å². The fourth-order valence-corrected chi connectivity index (χ4v) is 3.43. The molecule has 1 aliphatic heterocycles. The Hall–Kier alpha value is -2.68. The second-order valence-corrected chi connectivity index (χ2v) is 6.75. The van der Waals surface area contributed by atoms with E-state index in [9.17, 15) is 9.65 Å². The SMILES string of the molecule is N#Cc1cccc(F)c1N1CCCC(Nc2ccnc(C3CC3)n2)C1. The van der Waals surface area contributed by atoms with Crippen LogP contribution in [0.25, 0.3) is 0 Å². The van der Waals surface area contributed by atoms with Gasteiger partial charge in [-0.05, 0) is 43.9 Å². The van der Waals surface area contributed by atoms with Gasteiger partial charge in [-0.1, -0.05) is 6.07 Å². The van der Waals surface area contributed by atoms with E-state index in [4.69, 9.17) is 0 Å². The third-order valence-electron chi connectivity index (χ3n) is 4.81. The lowest BCUT2D eigenvalue weighted by Crippen LogP contribution is -2.43. The molecule has 1 saturated heterocycles. The zero-order chi connectivity index (χ0) is 17.2. The molecule has 1 aromatic carbocycles. The minimum atomic E-state index is -0.335. The normalized spacial score (nSPS) is 20.2. The number of nitriles is 1. The number of halogens is 1. The van der Waals surface area contributed by atoms with Crippen molar-refractivity contribution in [3.63, 3.8) is 0 Å². The summed E-state index contributed by atoms with van der Waals surface area (Å²) in [5, 5.41) is 12.7. The van der Waals surface area contributed by atoms with Crippen molar-refractivity contribution in [1.82, 2.24) is 9.97 Å². The molecule has 2 fully saturated rings. The third-order valence-corrected chi connectivity index (χ3v) is 4.81. The molecule has 5 nitrogen and oxygen atoms in total. The van der Waals surface area contributed by atoms with Gasteiger partial charge in [0.1, 0.15) is 23.5 Å². The van der Waals surface area contributed by atoms with Crippen LogP contribution < -0.4 is 10.2 Å². The summed E-state index contributed by atoms with van der Waals surface area (Å²) in [6, 6.07) is 8.82. The maximum absolute atomic E-state index is 14.3. The van der Waals surface area contributed by atoms with Crippen LogP contribution in [0.2, 0.25) is 0 Å². The third kappa shape index (κ3) is 3.41. The van der Waals surface area contributed by atoms with Gasteiger partial charge in [0.25, 0.3) is 0 Å². The molecule has 1 N–H and O–H groups in total. The van der Waals surface area contributed by atoms with Crippen molar-refractivity contribution in [2.45, 2.75) is 37.6 Å². The molecule has 1 saturated carbocycles. The van der Waals surface area contributed by atoms with Crippen molar-refractivity contribution < 1.29 is 4.39 Å². The Kier molecular flexibility index (Phi) is 4.22. The van der Waals surface area contributed by atoms with Gasteiger partial charge in [-0.3, -0.25) is 0 Å². The number of aromatic nitrogens is 2. The minimum absolute atomic E-state index is 0.168. The van der Waals surface area contributed by atoms with Gasteiger partial charge < -0.3 is 10.2 Å². The Balaban J connectivity index is 1.50. The number of hydrogen-bond acceptors (Lipinski definition) is 5. The Labute approximate surface area is 146 Å². The number of nitrogens with zero attached hydrogens (tertiary/aromatic N) is 4. The summed E-state index contributed by atoms with van der Waals surface area (Å²) in [6.07, 6.45) is 6.08. The lowest BCUT2D eigenvalue weighted by Gasteiger charge is -2.35. The number of nitrogens with one attached hydrogen (secondary N) is 1. The Morgan fingerprint density at radius 1 is 1.24 bits per heavy atom. The summed E-state index contributed by atoms with van der Waals surface area (Å²) in [4.78, 5) is 10.9. The molecule has 2 aromatic rings. The van der Waals surface area contributed by atoms with Gasteiger partial charge in [-0.2, -0.15) is 5.26 Å². The van der Waals surface area contributed by atoms with Crippen LogP contribution in [0.4, 0.5) is 15.9 Å². The van der Waals surface area contributed by atoms with Crippen LogP contribution in [0.5, 0.6) is 0 Å². The molecule has 4 rings (SSSR count). The van der Waals surface area contributed by atoms with Gasteiger partial charge in [0.05, 0.1) is 11.3 Å².